The molecule has 19 rings (SSSR count). The number of allylic oxidation sites excluding steroid dienone is 1. The quantitative estimate of drug-likeness (QED) is 0.0121. The Hall–Kier alpha value is -15.8. The Bertz CT molecular complexity index is 7010. The van der Waals surface area contributed by atoms with E-state index >= 15 is 0 Å². The maximum Gasteiger partial charge on any atom is 0.414 e. The molecule has 149 heavy (non-hydrogen) atoms. The van der Waals surface area contributed by atoms with Gasteiger partial charge in [0.15, 0.2) is 23.0 Å². The lowest BCUT2D eigenvalue weighted by Crippen LogP contribution is -2.31. The summed E-state index contributed by atoms with van der Waals surface area (Å²) in [4.78, 5) is 114. The average molecular weight is 1990 g/mol. The normalized spacial score (nSPS) is 16.5. The second kappa shape index (κ2) is 54.6. The number of nitrogens with one attached hydrogen (secondary N) is 2. The summed E-state index contributed by atoms with van der Waals surface area (Å²) in [5.74, 6) is 0.148. The van der Waals surface area contributed by atoms with Crippen molar-refractivity contribution in [2.75, 3.05) is 42.4 Å². The largest absolute Gasteiger partial charge is 0.444 e. The van der Waals surface area contributed by atoms with Crippen LogP contribution in [0.5, 0.6) is 0 Å². The van der Waals surface area contributed by atoms with E-state index in [4.69, 9.17) is 36.2 Å². The van der Waals surface area contributed by atoms with Crippen molar-refractivity contribution in [1.29, 1.82) is 0 Å². The number of ether oxygens (including phenoxy) is 4. The van der Waals surface area contributed by atoms with E-state index in [0.717, 1.165) is 145 Å². The molecule has 13 aromatic carbocycles. The van der Waals surface area contributed by atoms with Gasteiger partial charge in [0, 0.05) is 58.3 Å². The highest BCUT2D eigenvalue weighted by Crippen LogP contribution is 2.36. The number of nitrogens with two attached hydrogens (primary N) is 1. The first-order chi connectivity index (χ1) is 72.2. The van der Waals surface area contributed by atoms with Gasteiger partial charge in [0.2, 0.25) is 11.6 Å². The Morgan fingerprint density at radius 3 is 1.43 bits per heavy atom. The van der Waals surface area contributed by atoms with Gasteiger partial charge >= 0.3 is 6.09 Å². The zero-order valence-corrected chi connectivity index (χ0v) is 85.2. The molecule has 0 fully saturated rings. The summed E-state index contributed by atoms with van der Waals surface area (Å²) in [7, 11) is 1.63. The number of rotatable bonds is 27. The van der Waals surface area contributed by atoms with E-state index in [1.165, 1.54) is 69.5 Å². The number of hydrogen-bond acceptors (Lipinski definition) is 18. The molecule has 0 bridgehead atoms. The number of amidine groups is 1. The molecule has 0 saturated heterocycles. The second-order valence-corrected chi connectivity index (χ2v) is 38.2. The summed E-state index contributed by atoms with van der Waals surface area (Å²) < 4.78 is 22.5. The fourth-order valence-corrected chi connectivity index (χ4v) is 18.6. The molecule has 13 aromatic rings. The van der Waals surface area contributed by atoms with Crippen LogP contribution >= 0.6 is 0 Å². The zero-order chi connectivity index (χ0) is 105. The highest BCUT2D eigenvalue weighted by Gasteiger charge is 2.30. The van der Waals surface area contributed by atoms with Gasteiger partial charge < -0.3 is 50.6 Å². The number of carbonyl (C=O) groups is 8. The molecule has 0 saturated carbocycles. The number of nitrogens with zero attached hydrogens (tertiary/aromatic N) is 5. The molecule has 0 aliphatic heterocycles. The Morgan fingerprint density at radius 1 is 0.430 bits per heavy atom. The number of benzene rings is 13. The van der Waals surface area contributed by atoms with E-state index in [1.54, 1.807) is 98.6 Å². The summed E-state index contributed by atoms with van der Waals surface area (Å²) in [6.07, 6.45) is 16.6. The van der Waals surface area contributed by atoms with Gasteiger partial charge in [-0.2, -0.15) is 0 Å². The van der Waals surface area contributed by atoms with Gasteiger partial charge in [0.25, 0.3) is 11.8 Å². The van der Waals surface area contributed by atoms with Gasteiger partial charge in [-0.05, 0) is 294 Å². The molecule has 0 radical (unpaired) electrons. The third-order valence-electron chi connectivity index (χ3n) is 26.6. The van der Waals surface area contributed by atoms with Gasteiger partial charge in [-0.15, -0.1) is 0 Å². The number of aliphatic hydroxyl groups is 3. The maximum absolute atomic E-state index is 13.1. The van der Waals surface area contributed by atoms with Gasteiger partial charge in [-0.25, -0.2) is 19.6 Å². The van der Waals surface area contributed by atoms with Crippen molar-refractivity contribution in [3.63, 3.8) is 0 Å². The van der Waals surface area contributed by atoms with E-state index in [-0.39, 0.29) is 97.7 Å². The number of anilines is 3. The number of amides is 3. The van der Waals surface area contributed by atoms with E-state index in [2.05, 4.69) is 80.9 Å². The summed E-state index contributed by atoms with van der Waals surface area (Å²) in [5, 5.41) is 35.8. The van der Waals surface area contributed by atoms with Crippen LogP contribution in [0.1, 0.15) is 208 Å². The number of aliphatic hydroxyl groups excluding tert-OH is 3. The summed E-state index contributed by atoms with van der Waals surface area (Å²) in [6, 6.07) is 97.6. The topological polar surface area (TPSA) is 329 Å². The van der Waals surface area contributed by atoms with Crippen molar-refractivity contribution >= 4 is 104 Å². The highest BCUT2D eigenvalue weighted by atomic mass is 16.6. The molecule has 6 unspecified atom stereocenters. The average Bonchev–Trinajstić information content (AvgIpc) is 0.809. The molecule has 0 heterocycles. The molecule has 23 heteroatoms. The van der Waals surface area contributed by atoms with Gasteiger partial charge in [-0.3, -0.25) is 43.5 Å². The SMILES string of the molecule is CC(=Nc1ccc2c(c1)CCC=C2)C(=O)c1ccccc1.CC(=O)COC1CCc2cc(C)ccc2C1.CN=C(N)c1ccc(C(=O)Nc2ccc3c(c2)CCC(OCC(C)=O)C3)cc1.O=C(C(Cc1ccccc1)=Nc1ccc2c(c1)CCC(O)C2O)c1ccccc1.O=C(OCc1ccccc1)N(Cc1ccccc1)c1ccc2c(c1)CCC(O)C2.[C-]#[N+]c1ccc(C(=O)Nc2ccc3c(c2)CCC(OCC(C)=O)C3)cc1. The Balaban J connectivity index is 0.000000142. The van der Waals surface area contributed by atoms with E-state index in [9.17, 15) is 53.7 Å². The van der Waals surface area contributed by atoms with E-state index < -0.39 is 12.2 Å². The second-order valence-electron chi connectivity index (χ2n) is 38.2. The number of Topliss-reactive ketones (excluding diaryl/α,β-unsaturated/α-hetero) is 5. The number of aryl methyl sites for hydroxylation is 7. The van der Waals surface area contributed by atoms with Crippen LogP contribution in [0.3, 0.4) is 0 Å². The van der Waals surface area contributed by atoms with Gasteiger partial charge in [-0.1, -0.05) is 254 Å². The molecule has 0 aromatic heterocycles. The minimum Gasteiger partial charge on any atom is -0.444 e. The lowest BCUT2D eigenvalue weighted by molar-refractivity contribution is -0.124. The first-order valence-electron chi connectivity index (χ1n) is 50.7. The third kappa shape index (κ3) is 32.6. The molecule has 6 atom stereocenters. The molecular formula is C126H128N8O15. The van der Waals surface area contributed by atoms with Crippen molar-refractivity contribution in [3.05, 3.63) is 444 Å². The molecule has 23 nitrogen and oxygen atoms in total. The van der Waals surface area contributed by atoms with E-state index in [0.29, 0.717) is 83.1 Å². The Morgan fingerprint density at radius 2 is 0.886 bits per heavy atom. The van der Waals surface area contributed by atoms with Crippen molar-refractivity contribution in [1.82, 2.24) is 0 Å². The molecule has 3 amide bonds. The first kappa shape index (κ1) is 109. The number of hydrogen-bond donors (Lipinski definition) is 6. The van der Waals surface area contributed by atoms with Crippen LogP contribution in [0.25, 0.3) is 10.9 Å². The van der Waals surface area contributed by atoms with Crippen LogP contribution in [0.2, 0.25) is 0 Å². The lowest BCUT2D eigenvalue weighted by Gasteiger charge is -2.26. The molecule has 6 aliphatic rings. The Labute approximate surface area is 872 Å². The van der Waals surface area contributed by atoms with Crippen molar-refractivity contribution < 1.29 is 72.6 Å². The standard InChI is InChI=1S/C25H23NO3.C25H25NO3.C22H25N3O3.C21H20N2O3.C19H17NO.C14H18O2/c27-23-14-11-19-16-20(12-13-21(19)25(23)29)26-22(15-17-7-3-1-4-8-17)24(28)18-9-5-2-6-10-18;27-24-14-12-21-15-23(13-11-22(21)16-24)26(17-19-7-3-1-4-8-19)25(28)29-18-20-9-5-2-6-10-20;1-14(26)13-28-20-10-8-17-11-19(9-7-18(17)12-20)25-22(27)16-5-3-15(4-6-16)21(23)24-2;1-14(24)13-26-20-10-6-16-11-19(9-5-17(16)12-20)23-21(25)15-3-7-18(22-2)8-4-15;1-14(19(21)16-8-3-2-4-9-16)20-18-12-11-15-7-5-6-10-17(15)13-18;1-10-3-4-13-8-14(16-9-11(2)15)6-5-12(13)7-10/h1-10,12-13,16,23,25,27,29H,11,14-15H2;1-11,13,15,24,27H,12,14,16-18H2;3-7,9,11,20H,8,10,12-13H2,1-2H3,(H2,23,24)(H,25,27);3-5,7-9,11,20H,6,10,12-13H2,1H3,(H,23,25);2-5,7-9,11-13H,6,10H2,1H3;3-4,7,14H,5-6,8-9H2,1-2H3. The molecular weight excluding hydrogens is 1870 g/mol. The molecule has 0 spiro atoms. The van der Waals surface area contributed by atoms with Crippen LogP contribution in [0, 0.1) is 13.5 Å². The number of aliphatic imine (C=N–C) groups is 3. The third-order valence-corrected chi connectivity index (χ3v) is 26.6. The Kier molecular flexibility index (Phi) is 39.9. The lowest BCUT2D eigenvalue weighted by atomic mass is 9.87. The smallest absolute Gasteiger partial charge is 0.414 e. The van der Waals surface area contributed by atoms with Crippen molar-refractivity contribution in [2.24, 2.45) is 20.7 Å². The van der Waals surface area contributed by atoms with Crippen LogP contribution in [0.15, 0.2) is 330 Å². The summed E-state index contributed by atoms with van der Waals surface area (Å²) in [5.41, 5.74) is 32.9. The fraction of sp³-hybridized carbons (Fsp3) is 0.270. The maximum atomic E-state index is 13.1. The minimum atomic E-state index is -0.869. The van der Waals surface area contributed by atoms with Crippen LogP contribution < -0.4 is 21.3 Å². The first-order valence-corrected chi connectivity index (χ1v) is 50.7. The highest BCUT2D eigenvalue weighted by molar-refractivity contribution is 6.47. The van der Waals surface area contributed by atoms with Gasteiger partial charge in [0.1, 0.15) is 38.4 Å². The predicted octanol–water partition coefficient (Wildman–Crippen LogP) is 22.9. The van der Waals surface area contributed by atoms with Crippen molar-refractivity contribution in [3.8, 4) is 0 Å². The number of ketones is 5. The number of carbonyl (C=O) groups excluding carboxylic acids is 8. The van der Waals surface area contributed by atoms with Crippen LogP contribution in [0.4, 0.5) is 38.9 Å². The summed E-state index contributed by atoms with van der Waals surface area (Å²) >= 11 is 0. The van der Waals surface area contributed by atoms with Crippen molar-refractivity contribution in [2.45, 2.75) is 194 Å². The minimum absolute atomic E-state index is 0.0202. The summed E-state index contributed by atoms with van der Waals surface area (Å²) in [6.45, 7) is 16.7. The number of fused-ring (bicyclic) bond motifs is 6. The van der Waals surface area contributed by atoms with E-state index in [1.807, 2.05) is 200 Å². The fourth-order valence-electron chi connectivity index (χ4n) is 18.6. The zero-order valence-electron chi connectivity index (χ0n) is 85.2. The van der Waals surface area contributed by atoms with Crippen LogP contribution in [-0.4, -0.2) is 137 Å². The van der Waals surface area contributed by atoms with Crippen LogP contribution in [-0.2, 0) is 117 Å². The molecule has 762 valence electrons. The van der Waals surface area contributed by atoms with Gasteiger partial charge in [0.05, 0.1) is 66.4 Å². The molecule has 6 aliphatic carbocycles. The predicted molar refractivity (Wildman–Crippen MR) is 588 cm³/mol. The monoisotopic (exact) mass is 1990 g/mol. The molecule has 7 N–H and O–H groups in total.